The van der Waals surface area contributed by atoms with E-state index in [2.05, 4.69) is 15.0 Å². The highest BCUT2D eigenvalue weighted by Crippen LogP contribution is 2.35. The van der Waals surface area contributed by atoms with Gasteiger partial charge in [0.15, 0.2) is 0 Å². The lowest BCUT2D eigenvalue weighted by molar-refractivity contribution is -0.137. The van der Waals surface area contributed by atoms with Crippen LogP contribution in [0.25, 0.3) is 11.3 Å². The molecule has 0 radical (unpaired) electrons. The average Bonchev–Trinajstić information content (AvgIpc) is 2.26. The van der Waals surface area contributed by atoms with E-state index in [4.69, 9.17) is 12.2 Å². The smallest absolute Gasteiger partial charge is 0.343 e. The molecule has 0 aliphatic carbocycles. The molecule has 0 atom stereocenters. The van der Waals surface area contributed by atoms with Gasteiger partial charge in [-0.1, -0.05) is 12.2 Å². The molecule has 0 aliphatic rings. The van der Waals surface area contributed by atoms with Gasteiger partial charge in [-0.05, 0) is 19.1 Å². The molecule has 1 N–H and O–H groups in total. The van der Waals surface area contributed by atoms with Crippen molar-refractivity contribution in [2.75, 3.05) is 0 Å². The Morgan fingerprint density at radius 1 is 1.33 bits per heavy atom. The summed E-state index contributed by atoms with van der Waals surface area (Å²) in [7, 11) is 0. The molecule has 2 aromatic heterocycles. The van der Waals surface area contributed by atoms with E-state index in [-0.39, 0.29) is 15.9 Å². The summed E-state index contributed by atoms with van der Waals surface area (Å²) in [4.78, 5) is 10.4. The fourth-order valence-electron chi connectivity index (χ4n) is 1.58. The Hall–Kier alpha value is -1.76. The SMILES string of the molecule is Cc1nc(=S)cc(-c2cnccc2C(F)(F)F)[nH]1. The van der Waals surface area contributed by atoms with Gasteiger partial charge in [-0.15, -0.1) is 0 Å². The fraction of sp³-hybridized carbons (Fsp3) is 0.182. The monoisotopic (exact) mass is 271 g/mol. The number of pyridine rings is 1. The summed E-state index contributed by atoms with van der Waals surface area (Å²) < 4.78 is 38.8. The van der Waals surface area contributed by atoms with Gasteiger partial charge in [0.25, 0.3) is 0 Å². The molecule has 0 bridgehead atoms. The molecule has 2 heterocycles. The zero-order valence-corrected chi connectivity index (χ0v) is 10.1. The second-order valence-corrected chi connectivity index (χ2v) is 4.06. The molecule has 0 aliphatic heterocycles. The molecule has 2 aromatic rings. The maximum Gasteiger partial charge on any atom is 0.417 e. The maximum absolute atomic E-state index is 12.9. The summed E-state index contributed by atoms with van der Waals surface area (Å²) in [6, 6.07) is 2.32. The Balaban J connectivity index is 2.68. The number of nitrogens with one attached hydrogen (secondary N) is 1. The van der Waals surface area contributed by atoms with Crippen molar-refractivity contribution in [1.29, 1.82) is 0 Å². The quantitative estimate of drug-likeness (QED) is 0.807. The number of hydrogen-bond acceptors (Lipinski definition) is 3. The number of halogens is 3. The molecule has 7 heteroatoms. The van der Waals surface area contributed by atoms with E-state index in [1.165, 1.54) is 6.07 Å². The summed E-state index contributed by atoms with van der Waals surface area (Å²) in [5, 5.41) is 0. The van der Waals surface area contributed by atoms with E-state index in [9.17, 15) is 13.2 Å². The molecule has 0 aromatic carbocycles. The Morgan fingerprint density at radius 2 is 2.06 bits per heavy atom. The molecular weight excluding hydrogens is 263 g/mol. The minimum absolute atomic E-state index is 0.0402. The van der Waals surface area contributed by atoms with Crippen LogP contribution in [0.4, 0.5) is 13.2 Å². The summed E-state index contributed by atoms with van der Waals surface area (Å²) >= 11 is 4.89. The Morgan fingerprint density at radius 3 is 2.67 bits per heavy atom. The van der Waals surface area contributed by atoms with Crippen molar-refractivity contribution in [2.24, 2.45) is 0 Å². The molecule has 0 saturated carbocycles. The number of nitrogens with zero attached hydrogens (tertiary/aromatic N) is 2. The van der Waals surface area contributed by atoms with Crippen molar-refractivity contribution in [3.8, 4) is 11.3 Å². The first-order chi connectivity index (χ1) is 8.38. The molecule has 0 fully saturated rings. The third-order valence-corrected chi connectivity index (χ3v) is 2.49. The topological polar surface area (TPSA) is 41.6 Å². The van der Waals surface area contributed by atoms with Gasteiger partial charge in [0, 0.05) is 18.0 Å². The first-order valence-electron chi connectivity index (χ1n) is 4.97. The molecule has 3 nitrogen and oxygen atoms in total. The van der Waals surface area contributed by atoms with Crippen LogP contribution in [0, 0.1) is 11.6 Å². The van der Waals surface area contributed by atoms with Crippen LogP contribution in [0.3, 0.4) is 0 Å². The standard InChI is InChI=1S/C11H8F3N3S/c1-6-16-9(4-10(18)17-6)7-5-15-3-2-8(7)11(12,13)14/h2-5H,1H3,(H,16,17,18). The van der Waals surface area contributed by atoms with E-state index < -0.39 is 11.7 Å². The summed E-state index contributed by atoms with van der Waals surface area (Å²) in [5.41, 5.74) is -0.539. The van der Waals surface area contributed by atoms with Crippen LogP contribution in [0.1, 0.15) is 11.4 Å². The Kier molecular flexibility index (Phi) is 3.16. The molecule has 2 rings (SSSR count). The van der Waals surface area contributed by atoms with Crippen LogP contribution < -0.4 is 0 Å². The van der Waals surface area contributed by atoms with Gasteiger partial charge < -0.3 is 4.98 Å². The Labute approximate surface area is 106 Å². The van der Waals surface area contributed by atoms with Crippen molar-refractivity contribution in [3.05, 3.63) is 40.6 Å². The lowest BCUT2D eigenvalue weighted by Gasteiger charge is -2.12. The van der Waals surface area contributed by atoms with Crippen LogP contribution in [0.15, 0.2) is 24.5 Å². The number of aryl methyl sites for hydroxylation is 1. The van der Waals surface area contributed by atoms with Crippen LogP contribution >= 0.6 is 12.2 Å². The van der Waals surface area contributed by atoms with Gasteiger partial charge in [-0.3, -0.25) is 4.98 Å². The van der Waals surface area contributed by atoms with Crippen LogP contribution in [0.5, 0.6) is 0 Å². The van der Waals surface area contributed by atoms with E-state index >= 15 is 0 Å². The van der Waals surface area contributed by atoms with Gasteiger partial charge in [0.05, 0.1) is 11.3 Å². The second kappa shape index (κ2) is 4.49. The number of aromatic nitrogens is 3. The highest BCUT2D eigenvalue weighted by Gasteiger charge is 2.33. The number of aromatic amines is 1. The maximum atomic E-state index is 12.9. The predicted octanol–water partition coefficient (Wildman–Crippen LogP) is 3.53. The highest BCUT2D eigenvalue weighted by atomic mass is 32.1. The first-order valence-corrected chi connectivity index (χ1v) is 5.38. The minimum Gasteiger partial charge on any atom is -0.343 e. The van der Waals surface area contributed by atoms with Crippen molar-refractivity contribution in [3.63, 3.8) is 0 Å². The first kappa shape index (κ1) is 12.7. The van der Waals surface area contributed by atoms with Crippen LogP contribution in [0.2, 0.25) is 0 Å². The van der Waals surface area contributed by atoms with E-state index in [1.807, 2.05) is 0 Å². The number of H-pyrrole nitrogens is 1. The van der Waals surface area contributed by atoms with Crippen LogP contribution in [-0.4, -0.2) is 15.0 Å². The number of hydrogen-bond donors (Lipinski definition) is 1. The summed E-state index contributed by atoms with van der Waals surface area (Å²) in [6.07, 6.45) is -2.18. The zero-order chi connectivity index (χ0) is 13.3. The molecular formula is C11H8F3N3S. The van der Waals surface area contributed by atoms with E-state index in [0.717, 1.165) is 18.5 Å². The van der Waals surface area contributed by atoms with Gasteiger partial charge >= 0.3 is 6.18 Å². The molecule has 94 valence electrons. The minimum atomic E-state index is -4.44. The van der Waals surface area contributed by atoms with Crippen LogP contribution in [-0.2, 0) is 6.18 Å². The molecule has 18 heavy (non-hydrogen) atoms. The van der Waals surface area contributed by atoms with Crippen molar-refractivity contribution >= 4 is 12.2 Å². The lowest BCUT2D eigenvalue weighted by Crippen LogP contribution is -2.08. The van der Waals surface area contributed by atoms with Crippen molar-refractivity contribution < 1.29 is 13.2 Å². The lowest BCUT2D eigenvalue weighted by atomic mass is 10.1. The summed E-state index contributed by atoms with van der Waals surface area (Å²) in [6.45, 7) is 1.63. The number of alkyl halides is 3. The fourth-order valence-corrected chi connectivity index (χ4v) is 1.84. The number of rotatable bonds is 1. The van der Waals surface area contributed by atoms with Gasteiger partial charge in [0.2, 0.25) is 0 Å². The largest absolute Gasteiger partial charge is 0.417 e. The van der Waals surface area contributed by atoms with E-state index in [1.54, 1.807) is 6.92 Å². The summed E-state index contributed by atoms with van der Waals surface area (Å²) in [5.74, 6) is 0.453. The third kappa shape index (κ3) is 2.56. The van der Waals surface area contributed by atoms with Gasteiger partial charge in [0.1, 0.15) is 10.5 Å². The van der Waals surface area contributed by atoms with Crippen molar-refractivity contribution in [2.45, 2.75) is 13.1 Å². The molecule has 0 amide bonds. The Bertz CT molecular complexity index is 634. The van der Waals surface area contributed by atoms with Gasteiger partial charge in [-0.2, -0.15) is 13.2 Å². The molecule has 0 unspecified atom stereocenters. The van der Waals surface area contributed by atoms with Gasteiger partial charge in [-0.25, -0.2) is 4.98 Å². The van der Waals surface area contributed by atoms with E-state index in [0.29, 0.717) is 5.82 Å². The molecule has 0 saturated heterocycles. The predicted molar refractivity (Wildman–Crippen MR) is 62.4 cm³/mol. The zero-order valence-electron chi connectivity index (χ0n) is 9.25. The molecule has 0 spiro atoms. The third-order valence-electron chi connectivity index (χ3n) is 2.28. The average molecular weight is 271 g/mol. The normalized spacial score (nSPS) is 11.6. The highest BCUT2D eigenvalue weighted by molar-refractivity contribution is 7.71. The van der Waals surface area contributed by atoms with Crippen molar-refractivity contribution in [1.82, 2.24) is 15.0 Å². The second-order valence-electron chi connectivity index (χ2n) is 3.64.